The van der Waals surface area contributed by atoms with Crippen molar-refractivity contribution in [2.24, 2.45) is 5.92 Å². The molecule has 0 fully saturated rings. The lowest BCUT2D eigenvalue weighted by molar-refractivity contribution is -0.121. The van der Waals surface area contributed by atoms with Crippen LogP contribution in [-0.4, -0.2) is 37.0 Å². The van der Waals surface area contributed by atoms with E-state index in [2.05, 4.69) is 37.9 Å². The van der Waals surface area contributed by atoms with Crippen LogP contribution in [0.2, 0.25) is 0 Å². The highest BCUT2D eigenvalue weighted by atomic mass is 16.1. The first-order chi connectivity index (χ1) is 8.10. The maximum absolute atomic E-state index is 11.6. The van der Waals surface area contributed by atoms with E-state index in [1.807, 2.05) is 0 Å². The molecular weight excluding hydrogens is 212 g/mol. The lowest BCUT2D eigenvalue weighted by Gasteiger charge is -2.20. The third kappa shape index (κ3) is 10.3. The van der Waals surface area contributed by atoms with Gasteiger partial charge in [0, 0.05) is 19.5 Å². The van der Waals surface area contributed by atoms with Gasteiger partial charge in [-0.05, 0) is 38.3 Å². The van der Waals surface area contributed by atoms with Gasteiger partial charge in [0.2, 0.25) is 5.91 Å². The molecule has 0 saturated heterocycles. The van der Waals surface area contributed by atoms with Gasteiger partial charge in [0.15, 0.2) is 0 Å². The SMILES string of the molecule is CCCN(CCC)CCC(=O)NCCC(C)C. The molecule has 1 N–H and O–H groups in total. The molecule has 0 unspecified atom stereocenters. The van der Waals surface area contributed by atoms with Crippen LogP contribution in [0.5, 0.6) is 0 Å². The van der Waals surface area contributed by atoms with Gasteiger partial charge in [-0.15, -0.1) is 0 Å². The average Bonchev–Trinajstić information content (AvgIpc) is 2.26. The van der Waals surface area contributed by atoms with Crippen molar-refractivity contribution in [3.63, 3.8) is 0 Å². The normalized spacial score (nSPS) is 11.2. The van der Waals surface area contributed by atoms with E-state index < -0.39 is 0 Å². The topological polar surface area (TPSA) is 32.3 Å². The molecule has 0 atom stereocenters. The largest absolute Gasteiger partial charge is 0.356 e. The number of hydrogen-bond acceptors (Lipinski definition) is 2. The fourth-order valence-electron chi connectivity index (χ4n) is 1.82. The van der Waals surface area contributed by atoms with Crippen LogP contribution in [0.1, 0.15) is 53.4 Å². The quantitative estimate of drug-likeness (QED) is 0.639. The molecule has 0 bridgehead atoms. The fraction of sp³-hybridized carbons (Fsp3) is 0.929. The zero-order chi connectivity index (χ0) is 13.1. The Morgan fingerprint density at radius 1 is 1.12 bits per heavy atom. The lowest BCUT2D eigenvalue weighted by Crippen LogP contribution is -2.32. The summed E-state index contributed by atoms with van der Waals surface area (Å²) < 4.78 is 0. The molecule has 0 aromatic heterocycles. The number of carbonyl (C=O) groups excluding carboxylic acids is 1. The van der Waals surface area contributed by atoms with Gasteiger partial charge in [-0.2, -0.15) is 0 Å². The maximum Gasteiger partial charge on any atom is 0.221 e. The van der Waals surface area contributed by atoms with E-state index in [1.54, 1.807) is 0 Å². The molecule has 0 aromatic rings. The Hall–Kier alpha value is -0.570. The summed E-state index contributed by atoms with van der Waals surface area (Å²) in [6.07, 6.45) is 4.03. The number of rotatable bonds is 10. The first kappa shape index (κ1) is 16.4. The van der Waals surface area contributed by atoms with Crippen LogP contribution in [0.15, 0.2) is 0 Å². The molecule has 102 valence electrons. The van der Waals surface area contributed by atoms with Gasteiger partial charge < -0.3 is 10.2 Å². The minimum Gasteiger partial charge on any atom is -0.356 e. The summed E-state index contributed by atoms with van der Waals surface area (Å²) in [4.78, 5) is 14.0. The van der Waals surface area contributed by atoms with Crippen LogP contribution in [-0.2, 0) is 4.79 Å². The van der Waals surface area contributed by atoms with Crippen molar-refractivity contribution in [3.05, 3.63) is 0 Å². The third-order valence-electron chi connectivity index (χ3n) is 2.78. The summed E-state index contributed by atoms with van der Waals surface area (Å²) in [7, 11) is 0. The van der Waals surface area contributed by atoms with E-state index >= 15 is 0 Å². The highest BCUT2D eigenvalue weighted by Crippen LogP contribution is 1.98. The Morgan fingerprint density at radius 2 is 1.71 bits per heavy atom. The number of amides is 1. The lowest BCUT2D eigenvalue weighted by atomic mass is 10.1. The summed E-state index contributed by atoms with van der Waals surface area (Å²) in [5, 5.41) is 2.99. The molecule has 0 radical (unpaired) electrons. The molecule has 0 spiro atoms. The second-order valence-electron chi connectivity index (χ2n) is 5.12. The van der Waals surface area contributed by atoms with E-state index in [9.17, 15) is 4.79 Å². The van der Waals surface area contributed by atoms with Crippen molar-refractivity contribution in [1.82, 2.24) is 10.2 Å². The van der Waals surface area contributed by atoms with Gasteiger partial charge >= 0.3 is 0 Å². The van der Waals surface area contributed by atoms with E-state index in [0.29, 0.717) is 12.3 Å². The van der Waals surface area contributed by atoms with E-state index in [4.69, 9.17) is 0 Å². The maximum atomic E-state index is 11.6. The Balaban J connectivity index is 3.64. The number of nitrogens with one attached hydrogen (secondary N) is 1. The smallest absolute Gasteiger partial charge is 0.221 e. The predicted molar refractivity (Wildman–Crippen MR) is 74.1 cm³/mol. The standard InChI is InChI=1S/C14H30N2O/c1-5-10-16(11-6-2)12-8-14(17)15-9-7-13(3)4/h13H,5-12H2,1-4H3,(H,15,17). The van der Waals surface area contributed by atoms with Crippen molar-refractivity contribution in [1.29, 1.82) is 0 Å². The summed E-state index contributed by atoms with van der Waals surface area (Å²) in [6.45, 7) is 12.6. The zero-order valence-electron chi connectivity index (χ0n) is 12.1. The van der Waals surface area contributed by atoms with Gasteiger partial charge in [0.1, 0.15) is 0 Å². The number of carbonyl (C=O) groups is 1. The van der Waals surface area contributed by atoms with Crippen molar-refractivity contribution in [2.75, 3.05) is 26.2 Å². The van der Waals surface area contributed by atoms with Gasteiger partial charge in [0.05, 0.1) is 0 Å². The molecule has 17 heavy (non-hydrogen) atoms. The average molecular weight is 242 g/mol. The second kappa shape index (κ2) is 10.6. The molecule has 0 heterocycles. The molecule has 0 aliphatic rings. The zero-order valence-corrected chi connectivity index (χ0v) is 12.1. The second-order valence-corrected chi connectivity index (χ2v) is 5.12. The Kier molecular flexibility index (Phi) is 10.2. The van der Waals surface area contributed by atoms with Gasteiger partial charge in [-0.25, -0.2) is 0 Å². The predicted octanol–water partition coefficient (Wildman–Crippen LogP) is 2.66. The van der Waals surface area contributed by atoms with Crippen LogP contribution in [0.3, 0.4) is 0 Å². The first-order valence-electron chi connectivity index (χ1n) is 7.09. The van der Waals surface area contributed by atoms with Crippen LogP contribution < -0.4 is 5.32 Å². The molecule has 0 aliphatic carbocycles. The summed E-state index contributed by atoms with van der Waals surface area (Å²) in [5.74, 6) is 0.856. The molecule has 3 nitrogen and oxygen atoms in total. The van der Waals surface area contributed by atoms with Gasteiger partial charge in [-0.1, -0.05) is 27.7 Å². The molecule has 1 amide bonds. The third-order valence-corrected chi connectivity index (χ3v) is 2.78. The Labute approximate surface area is 107 Å². The minimum atomic E-state index is 0.197. The number of nitrogens with zero attached hydrogens (tertiary/aromatic N) is 1. The van der Waals surface area contributed by atoms with E-state index in [1.165, 1.54) is 0 Å². The highest BCUT2D eigenvalue weighted by molar-refractivity contribution is 5.75. The highest BCUT2D eigenvalue weighted by Gasteiger charge is 2.06. The Bertz CT molecular complexity index is 187. The van der Waals surface area contributed by atoms with E-state index in [-0.39, 0.29) is 5.91 Å². The van der Waals surface area contributed by atoms with Crippen molar-refractivity contribution in [2.45, 2.75) is 53.4 Å². The fourth-order valence-corrected chi connectivity index (χ4v) is 1.82. The molecule has 3 heteroatoms. The van der Waals surface area contributed by atoms with Crippen LogP contribution in [0.25, 0.3) is 0 Å². The number of hydrogen-bond donors (Lipinski definition) is 1. The van der Waals surface area contributed by atoms with Gasteiger partial charge in [-0.3, -0.25) is 4.79 Å². The van der Waals surface area contributed by atoms with E-state index in [0.717, 1.165) is 45.4 Å². The Morgan fingerprint density at radius 3 is 2.18 bits per heavy atom. The summed E-state index contributed by atoms with van der Waals surface area (Å²) >= 11 is 0. The van der Waals surface area contributed by atoms with Crippen LogP contribution in [0.4, 0.5) is 0 Å². The van der Waals surface area contributed by atoms with Crippen molar-refractivity contribution < 1.29 is 4.79 Å². The summed E-state index contributed by atoms with van der Waals surface area (Å²) in [5.41, 5.74) is 0. The molecule has 0 rings (SSSR count). The minimum absolute atomic E-state index is 0.197. The molecular formula is C14H30N2O. The first-order valence-corrected chi connectivity index (χ1v) is 7.09. The van der Waals surface area contributed by atoms with Crippen molar-refractivity contribution in [3.8, 4) is 0 Å². The monoisotopic (exact) mass is 242 g/mol. The van der Waals surface area contributed by atoms with Crippen LogP contribution >= 0.6 is 0 Å². The summed E-state index contributed by atoms with van der Waals surface area (Å²) in [6, 6.07) is 0. The van der Waals surface area contributed by atoms with Crippen LogP contribution in [0, 0.1) is 5.92 Å². The van der Waals surface area contributed by atoms with Crippen molar-refractivity contribution >= 4 is 5.91 Å². The molecule has 0 aliphatic heterocycles. The molecule has 0 saturated carbocycles. The van der Waals surface area contributed by atoms with Gasteiger partial charge in [0.25, 0.3) is 0 Å². The molecule has 0 aromatic carbocycles.